The van der Waals surface area contributed by atoms with Crippen LogP contribution in [0.5, 0.6) is 11.5 Å². The van der Waals surface area contributed by atoms with Crippen LogP contribution >= 0.6 is 11.5 Å². The Bertz CT molecular complexity index is 686. The van der Waals surface area contributed by atoms with Crippen LogP contribution in [0, 0.1) is 0 Å². The van der Waals surface area contributed by atoms with Crippen molar-refractivity contribution in [1.29, 1.82) is 0 Å². The maximum atomic E-state index is 12.7. The van der Waals surface area contributed by atoms with Gasteiger partial charge in [-0.2, -0.15) is 4.37 Å². The summed E-state index contributed by atoms with van der Waals surface area (Å²) >= 11 is 1.29. The quantitative estimate of drug-likeness (QED) is 0.801. The second kappa shape index (κ2) is 7.66. The third kappa shape index (κ3) is 3.53. The summed E-state index contributed by atoms with van der Waals surface area (Å²) in [7, 11) is 3.06. The van der Waals surface area contributed by atoms with Crippen LogP contribution in [-0.4, -0.2) is 24.5 Å². The normalized spacial score (nSPS) is 11.2. The fourth-order valence-electron chi connectivity index (χ4n) is 2.48. The second-order valence-corrected chi connectivity index (χ2v) is 6.64. The third-order valence-corrected chi connectivity index (χ3v) is 5.29. The van der Waals surface area contributed by atoms with E-state index >= 15 is 0 Å². The summed E-state index contributed by atoms with van der Waals surface area (Å²) in [6.45, 7) is 6.50. The van der Waals surface area contributed by atoms with Gasteiger partial charge in [0.2, 0.25) is 0 Å². The molecule has 5 nitrogen and oxygen atoms in total. The molecule has 2 aromatic rings. The summed E-state index contributed by atoms with van der Waals surface area (Å²) in [4.78, 5) is 12.7. The number of carbonyl (C=O) groups is 1. The third-order valence-electron chi connectivity index (χ3n) is 4.58. The van der Waals surface area contributed by atoms with E-state index in [1.165, 1.54) is 25.8 Å². The number of methoxy groups -OCH3 is 2. The number of nitrogens with zero attached hydrogens (tertiary/aromatic N) is 1. The van der Waals surface area contributed by atoms with Gasteiger partial charge in [0.05, 0.1) is 19.9 Å². The first-order chi connectivity index (χ1) is 11.5. The average molecular weight is 348 g/mol. The van der Waals surface area contributed by atoms with Crippen LogP contribution in [-0.2, 0) is 5.41 Å². The molecule has 0 atom stereocenters. The molecular weight excluding hydrogens is 324 g/mol. The first-order valence-corrected chi connectivity index (χ1v) is 8.76. The molecule has 0 unspecified atom stereocenters. The van der Waals surface area contributed by atoms with Crippen LogP contribution in [0.25, 0.3) is 0 Å². The van der Waals surface area contributed by atoms with Crippen molar-refractivity contribution in [2.45, 2.75) is 39.0 Å². The van der Waals surface area contributed by atoms with Crippen LogP contribution < -0.4 is 14.8 Å². The first kappa shape index (κ1) is 18.3. The molecule has 0 saturated heterocycles. The number of nitrogens with one attached hydrogen (secondary N) is 1. The molecule has 1 amide bonds. The number of rotatable bonds is 7. The number of hydrogen-bond acceptors (Lipinski definition) is 5. The lowest BCUT2D eigenvalue weighted by atomic mass is 9.81. The SMILES string of the molecule is CCC(C)(CC)c1cc(NC(=O)c2c(OC)cccc2OC)sn1. The van der Waals surface area contributed by atoms with E-state index in [4.69, 9.17) is 9.47 Å². The highest BCUT2D eigenvalue weighted by Gasteiger charge is 2.26. The molecule has 0 bridgehead atoms. The van der Waals surface area contributed by atoms with Crippen LogP contribution in [0.1, 0.15) is 49.7 Å². The van der Waals surface area contributed by atoms with Crippen LogP contribution in [0.2, 0.25) is 0 Å². The van der Waals surface area contributed by atoms with Gasteiger partial charge in [-0.3, -0.25) is 4.79 Å². The van der Waals surface area contributed by atoms with Crippen molar-refractivity contribution >= 4 is 22.4 Å². The van der Waals surface area contributed by atoms with E-state index in [1.54, 1.807) is 18.2 Å². The molecule has 1 heterocycles. The standard InChI is InChI=1S/C18H24N2O3S/c1-6-18(3,7-2)14-11-15(24-20-14)19-17(21)16-12(22-4)9-8-10-13(16)23-5/h8-11H,6-7H2,1-5H3,(H,19,21). The highest BCUT2D eigenvalue weighted by atomic mass is 32.1. The molecule has 1 aromatic heterocycles. The van der Waals surface area contributed by atoms with Gasteiger partial charge < -0.3 is 14.8 Å². The summed E-state index contributed by atoms with van der Waals surface area (Å²) in [6, 6.07) is 7.21. The Morgan fingerprint density at radius 1 is 1.21 bits per heavy atom. The summed E-state index contributed by atoms with van der Waals surface area (Å²) < 4.78 is 15.1. The second-order valence-electron chi connectivity index (χ2n) is 5.84. The van der Waals surface area contributed by atoms with Crippen molar-refractivity contribution < 1.29 is 14.3 Å². The van der Waals surface area contributed by atoms with E-state index in [0.717, 1.165) is 23.5 Å². The van der Waals surface area contributed by atoms with Crippen LogP contribution in [0.3, 0.4) is 0 Å². The van der Waals surface area contributed by atoms with E-state index in [9.17, 15) is 4.79 Å². The number of ether oxygens (including phenoxy) is 2. The molecule has 2 rings (SSSR count). The van der Waals surface area contributed by atoms with Crippen molar-refractivity contribution in [2.75, 3.05) is 19.5 Å². The van der Waals surface area contributed by atoms with E-state index in [1.807, 2.05) is 6.07 Å². The molecule has 6 heteroatoms. The van der Waals surface area contributed by atoms with Gasteiger partial charge in [-0.05, 0) is 42.6 Å². The average Bonchev–Trinajstić information content (AvgIpc) is 3.09. The lowest BCUT2D eigenvalue weighted by Gasteiger charge is -2.23. The highest BCUT2D eigenvalue weighted by Crippen LogP contribution is 2.34. The van der Waals surface area contributed by atoms with E-state index in [2.05, 4.69) is 30.5 Å². The predicted octanol–water partition coefficient (Wildman–Crippen LogP) is 4.49. The minimum Gasteiger partial charge on any atom is -0.496 e. The Labute approximate surface area is 147 Å². The fourth-order valence-corrected chi connectivity index (χ4v) is 3.25. The summed E-state index contributed by atoms with van der Waals surface area (Å²) in [5.41, 5.74) is 1.42. The Morgan fingerprint density at radius 3 is 2.29 bits per heavy atom. The minimum atomic E-state index is -0.269. The van der Waals surface area contributed by atoms with Gasteiger partial charge in [0.15, 0.2) is 0 Å². The molecule has 0 aliphatic heterocycles. The van der Waals surface area contributed by atoms with E-state index in [-0.39, 0.29) is 11.3 Å². The van der Waals surface area contributed by atoms with Gasteiger partial charge >= 0.3 is 0 Å². The topological polar surface area (TPSA) is 60.5 Å². The maximum absolute atomic E-state index is 12.7. The summed E-state index contributed by atoms with van der Waals surface area (Å²) in [6.07, 6.45) is 2.00. The molecule has 0 spiro atoms. The molecule has 1 aromatic carbocycles. The molecular formula is C18H24N2O3S. The maximum Gasteiger partial charge on any atom is 0.263 e. The number of hydrogen-bond donors (Lipinski definition) is 1. The molecule has 0 aliphatic rings. The van der Waals surface area contributed by atoms with Crippen LogP contribution in [0.15, 0.2) is 24.3 Å². The number of anilines is 1. The molecule has 0 aliphatic carbocycles. The van der Waals surface area contributed by atoms with Crippen molar-refractivity contribution in [2.24, 2.45) is 0 Å². The number of aromatic nitrogens is 1. The highest BCUT2D eigenvalue weighted by molar-refractivity contribution is 7.10. The minimum absolute atomic E-state index is 0.0294. The predicted molar refractivity (Wildman–Crippen MR) is 97.5 cm³/mol. The van der Waals surface area contributed by atoms with Gasteiger partial charge in [0.25, 0.3) is 5.91 Å². The summed E-state index contributed by atoms with van der Waals surface area (Å²) in [5, 5.41) is 3.62. The Morgan fingerprint density at radius 2 is 1.79 bits per heavy atom. The molecule has 1 N–H and O–H groups in total. The molecule has 0 fully saturated rings. The number of benzene rings is 1. The zero-order valence-electron chi connectivity index (χ0n) is 14.8. The molecule has 130 valence electrons. The van der Waals surface area contributed by atoms with E-state index in [0.29, 0.717) is 17.1 Å². The van der Waals surface area contributed by atoms with Crippen molar-refractivity contribution in [3.63, 3.8) is 0 Å². The van der Waals surface area contributed by atoms with Crippen LogP contribution in [0.4, 0.5) is 5.00 Å². The van der Waals surface area contributed by atoms with Crippen molar-refractivity contribution in [3.05, 3.63) is 35.5 Å². The Balaban J connectivity index is 2.27. The van der Waals surface area contributed by atoms with Crippen molar-refractivity contribution in [3.8, 4) is 11.5 Å². The smallest absolute Gasteiger partial charge is 0.263 e. The van der Waals surface area contributed by atoms with Gasteiger partial charge in [-0.15, -0.1) is 0 Å². The lowest BCUT2D eigenvalue weighted by molar-refractivity contribution is 0.102. The number of amides is 1. The molecule has 0 radical (unpaired) electrons. The summed E-state index contributed by atoms with van der Waals surface area (Å²) in [5.74, 6) is 0.682. The first-order valence-electron chi connectivity index (χ1n) is 7.98. The number of carbonyl (C=O) groups excluding carboxylic acids is 1. The lowest BCUT2D eigenvalue weighted by Crippen LogP contribution is -2.19. The van der Waals surface area contributed by atoms with Gasteiger partial charge in [-0.25, -0.2) is 0 Å². The molecule has 0 saturated carbocycles. The zero-order valence-corrected chi connectivity index (χ0v) is 15.6. The monoisotopic (exact) mass is 348 g/mol. The Hall–Kier alpha value is -2.08. The Kier molecular flexibility index (Phi) is 5.83. The van der Waals surface area contributed by atoms with E-state index < -0.39 is 0 Å². The van der Waals surface area contributed by atoms with Gasteiger partial charge in [0, 0.05) is 5.41 Å². The van der Waals surface area contributed by atoms with Crippen molar-refractivity contribution in [1.82, 2.24) is 4.37 Å². The largest absolute Gasteiger partial charge is 0.496 e. The fraction of sp³-hybridized carbons (Fsp3) is 0.444. The van der Waals surface area contributed by atoms with Gasteiger partial charge in [0.1, 0.15) is 22.1 Å². The van der Waals surface area contributed by atoms with Gasteiger partial charge in [-0.1, -0.05) is 26.8 Å². The molecule has 24 heavy (non-hydrogen) atoms. The zero-order chi connectivity index (χ0) is 17.7.